The molecule has 0 aliphatic heterocycles. The smallest absolute Gasteiger partial charge is 0.315 e. The monoisotopic (exact) mass is 422 g/mol. The number of hydrogen-bond acceptors (Lipinski definition) is 4. The maximum Gasteiger partial charge on any atom is 0.315 e. The number of amides is 2. The summed E-state index contributed by atoms with van der Waals surface area (Å²) in [4.78, 5) is 16.6. The van der Waals surface area contributed by atoms with Crippen molar-refractivity contribution in [3.8, 4) is 11.1 Å². The van der Waals surface area contributed by atoms with Crippen LogP contribution in [-0.2, 0) is 17.9 Å². The molecule has 0 aliphatic carbocycles. The van der Waals surface area contributed by atoms with Crippen LogP contribution in [-0.4, -0.2) is 28.7 Å². The van der Waals surface area contributed by atoms with Gasteiger partial charge in [-0.25, -0.2) is 4.79 Å². The van der Waals surface area contributed by atoms with Crippen LogP contribution in [0.5, 0.6) is 0 Å². The van der Waals surface area contributed by atoms with Gasteiger partial charge in [0.25, 0.3) is 0 Å². The molecule has 0 bridgehead atoms. The Morgan fingerprint density at radius 3 is 2.47 bits per heavy atom. The van der Waals surface area contributed by atoms with Gasteiger partial charge >= 0.3 is 6.03 Å². The van der Waals surface area contributed by atoms with E-state index in [0.29, 0.717) is 19.6 Å². The molecule has 0 spiro atoms. The minimum Gasteiger partial charge on any atom is -0.593 e. The number of unbranched alkanes of at least 4 members (excludes halogenated alkanes) is 1. The Bertz CT molecular complexity index is 909. The lowest BCUT2D eigenvalue weighted by Gasteiger charge is -2.14. The lowest BCUT2D eigenvalue weighted by Crippen LogP contribution is -2.35. The van der Waals surface area contributed by atoms with Crippen LogP contribution in [0.25, 0.3) is 11.1 Å². The summed E-state index contributed by atoms with van der Waals surface area (Å²) >= 11 is -1.29. The Hall–Kier alpha value is -2.87. The predicted octanol–water partition coefficient (Wildman–Crippen LogP) is 3.64. The molecule has 1 unspecified atom stereocenters. The molecule has 156 valence electrons. The molecule has 2 amide bonds. The quantitative estimate of drug-likeness (QED) is 0.344. The number of carbonyl (C=O) groups excluding carboxylic acids is 1. The molecule has 0 fully saturated rings. The molecule has 3 rings (SSSR count). The van der Waals surface area contributed by atoms with Gasteiger partial charge < -0.3 is 15.2 Å². The molecule has 0 aliphatic rings. The van der Waals surface area contributed by atoms with Crippen LogP contribution in [0.15, 0.2) is 84.0 Å². The standard InChI is InChI=1S/C23H26N4O2S/c28-23(26-18-19-9-8-14-24-17-19)25-15-6-7-16-27-30(29)22-13-5-4-12-21(22)20-10-2-1-3-11-20/h1-5,8-14,17,27H,6-7,15-16,18H2,(H2,25,26,28). The van der Waals surface area contributed by atoms with Gasteiger partial charge in [0, 0.05) is 37.6 Å². The topological polar surface area (TPSA) is 89.1 Å². The zero-order chi connectivity index (χ0) is 21.0. The van der Waals surface area contributed by atoms with E-state index >= 15 is 0 Å². The highest BCUT2D eigenvalue weighted by Gasteiger charge is 2.16. The second-order valence-corrected chi connectivity index (χ2v) is 7.97. The summed E-state index contributed by atoms with van der Waals surface area (Å²) in [5.41, 5.74) is 2.97. The first-order valence-corrected chi connectivity index (χ1v) is 11.1. The van der Waals surface area contributed by atoms with Crippen molar-refractivity contribution in [1.82, 2.24) is 20.3 Å². The molecule has 30 heavy (non-hydrogen) atoms. The summed E-state index contributed by atoms with van der Waals surface area (Å²) in [6.07, 6.45) is 5.03. The molecular weight excluding hydrogens is 396 g/mol. The fourth-order valence-corrected chi connectivity index (χ4v) is 4.00. The van der Waals surface area contributed by atoms with Crippen LogP contribution in [0.3, 0.4) is 0 Å². The Morgan fingerprint density at radius 1 is 0.900 bits per heavy atom. The van der Waals surface area contributed by atoms with Crippen LogP contribution in [0.1, 0.15) is 18.4 Å². The van der Waals surface area contributed by atoms with E-state index in [1.807, 2.05) is 66.7 Å². The Kier molecular flexibility index (Phi) is 8.71. The van der Waals surface area contributed by atoms with Gasteiger partial charge in [0.2, 0.25) is 0 Å². The summed E-state index contributed by atoms with van der Waals surface area (Å²) in [6, 6.07) is 21.2. The lowest BCUT2D eigenvalue weighted by atomic mass is 10.1. The van der Waals surface area contributed by atoms with Gasteiger partial charge in [-0.05, 0) is 42.2 Å². The summed E-state index contributed by atoms with van der Waals surface area (Å²) in [5, 5.41) is 5.63. The number of carbonyl (C=O) groups is 1. The summed E-state index contributed by atoms with van der Waals surface area (Å²) in [6.45, 7) is 1.61. The van der Waals surface area contributed by atoms with Crippen molar-refractivity contribution >= 4 is 17.4 Å². The minimum absolute atomic E-state index is 0.202. The third kappa shape index (κ3) is 6.88. The van der Waals surface area contributed by atoms with Crippen molar-refractivity contribution in [3.63, 3.8) is 0 Å². The Balaban J connectivity index is 1.35. The lowest BCUT2D eigenvalue weighted by molar-refractivity contribution is 0.240. The van der Waals surface area contributed by atoms with Crippen molar-refractivity contribution < 1.29 is 9.35 Å². The van der Waals surface area contributed by atoms with Crippen molar-refractivity contribution in [2.24, 2.45) is 0 Å². The zero-order valence-corrected chi connectivity index (χ0v) is 17.5. The third-order valence-electron chi connectivity index (χ3n) is 4.47. The van der Waals surface area contributed by atoms with Crippen LogP contribution < -0.4 is 15.4 Å². The van der Waals surface area contributed by atoms with Crippen molar-refractivity contribution in [3.05, 3.63) is 84.7 Å². The highest BCUT2D eigenvalue weighted by molar-refractivity contribution is 7.89. The number of rotatable bonds is 10. The highest BCUT2D eigenvalue weighted by atomic mass is 32.2. The highest BCUT2D eigenvalue weighted by Crippen LogP contribution is 2.26. The van der Waals surface area contributed by atoms with Crippen molar-refractivity contribution in [2.75, 3.05) is 13.1 Å². The number of pyridine rings is 1. The van der Waals surface area contributed by atoms with Gasteiger partial charge in [0.15, 0.2) is 4.90 Å². The molecule has 1 heterocycles. The van der Waals surface area contributed by atoms with Crippen LogP contribution in [0.4, 0.5) is 4.79 Å². The normalized spacial score (nSPS) is 11.6. The maximum atomic E-state index is 12.7. The largest absolute Gasteiger partial charge is 0.593 e. The number of nitrogens with one attached hydrogen (secondary N) is 3. The number of urea groups is 1. The molecule has 3 aromatic rings. The van der Waals surface area contributed by atoms with Crippen LogP contribution >= 0.6 is 0 Å². The van der Waals surface area contributed by atoms with Crippen molar-refractivity contribution in [2.45, 2.75) is 24.3 Å². The van der Waals surface area contributed by atoms with Crippen LogP contribution in [0.2, 0.25) is 0 Å². The second-order valence-electron chi connectivity index (χ2n) is 6.70. The van der Waals surface area contributed by atoms with E-state index in [1.54, 1.807) is 12.4 Å². The minimum atomic E-state index is -1.29. The van der Waals surface area contributed by atoms with E-state index in [4.69, 9.17) is 0 Å². The number of aromatic nitrogens is 1. The second kappa shape index (κ2) is 12.0. The van der Waals surface area contributed by atoms with Gasteiger partial charge in [0.05, 0.1) is 11.4 Å². The molecule has 1 atom stereocenters. The van der Waals surface area contributed by atoms with Gasteiger partial charge in [-0.2, -0.15) is 0 Å². The van der Waals surface area contributed by atoms with E-state index in [2.05, 4.69) is 20.3 Å². The molecule has 7 heteroatoms. The van der Waals surface area contributed by atoms with Gasteiger partial charge in [0.1, 0.15) is 0 Å². The summed E-state index contributed by atoms with van der Waals surface area (Å²) in [5.74, 6) is 0. The van der Waals surface area contributed by atoms with Crippen LogP contribution in [0, 0.1) is 0 Å². The van der Waals surface area contributed by atoms with Gasteiger partial charge in [-0.15, -0.1) is 4.72 Å². The zero-order valence-electron chi connectivity index (χ0n) is 16.7. The molecule has 3 N–H and O–H groups in total. The predicted molar refractivity (Wildman–Crippen MR) is 120 cm³/mol. The first-order chi connectivity index (χ1) is 14.7. The molecule has 0 saturated heterocycles. The first kappa shape index (κ1) is 21.8. The van der Waals surface area contributed by atoms with Crippen molar-refractivity contribution in [1.29, 1.82) is 0 Å². The number of benzene rings is 2. The average molecular weight is 423 g/mol. The SMILES string of the molecule is O=C(NCCCCN[S+]([O-])c1ccccc1-c1ccccc1)NCc1cccnc1. The molecule has 0 saturated carbocycles. The van der Waals surface area contributed by atoms with E-state index in [0.717, 1.165) is 34.4 Å². The van der Waals surface area contributed by atoms with Gasteiger partial charge in [-0.3, -0.25) is 4.98 Å². The molecule has 2 aromatic carbocycles. The molecule has 6 nitrogen and oxygen atoms in total. The van der Waals surface area contributed by atoms with E-state index in [9.17, 15) is 9.35 Å². The third-order valence-corrected chi connectivity index (χ3v) is 5.69. The maximum absolute atomic E-state index is 12.7. The first-order valence-electron chi connectivity index (χ1n) is 9.94. The average Bonchev–Trinajstić information content (AvgIpc) is 2.81. The van der Waals surface area contributed by atoms with E-state index in [1.165, 1.54) is 0 Å². The fraction of sp³-hybridized carbons (Fsp3) is 0.217. The molecule has 0 radical (unpaired) electrons. The summed E-state index contributed by atoms with van der Waals surface area (Å²) < 4.78 is 15.8. The van der Waals surface area contributed by atoms with Gasteiger partial charge in [-0.1, -0.05) is 48.5 Å². The number of nitrogens with zero attached hydrogens (tertiary/aromatic N) is 1. The molecular formula is C23H26N4O2S. The summed E-state index contributed by atoms with van der Waals surface area (Å²) in [7, 11) is 0. The Labute approximate surface area is 180 Å². The Morgan fingerprint density at radius 2 is 1.67 bits per heavy atom. The van der Waals surface area contributed by atoms with E-state index < -0.39 is 11.4 Å². The van der Waals surface area contributed by atoms with E-state index in [-0.39, 0.29) is 6.03 Å². The number of hydrogen-bond donors (Lipinski definition) is 3. The molecule has 1 aromatic heterocycles. The fourth-order valence-electron chi connectivity index (χ4n) is 2.93.